The molecule has 1 amide bonds. The second-order valence-electron chi connectivity index (χ2n) is 9.94. The number of nitrogens with zero attached hydrogens (tertiary/aromatic N) is 2. The second-order valence-corrected chi connectivity index (χ2v) is 9.94. The monoisotopic (exact) mass is 503 g/mol. The number of rotatable bonds is 8. The zero-order valence-electron chi connectivity index (χ0n) is 21.5. The van der Waals surface area contributed by atoms with E-state index in [0.717, 1.165) is 64.0 Å². The van der Waals surface area contributed by atoms with Gasteiger partial charge in [0.25, 0.3) is 5.91 Å². The molecule has 1 aromatic carbocycles. The number of hydrogen-bond acceptors (Lipinski definition) is 5. The van der Waals surface area contributed by atoms with E-state index in [2.05, 4.69) is 18.8 Å². The van der Waals surface area contributed by atoms with Crippen LogP contribution in [-0.4, -0.2) is 38.3 Å². The summed E-state index contributed by atoms with van der Waals surface area (Å²) in [5.41, 5.74) is 12.9. The quantitative estimate of drug-likeness (QED) is 0.392. The number of aromatic nitrogens is 2. The van der Waals surface area contributed by atoms with Crippen molar-refractivity contribution in [3.05, 3.63) is 76.5 Å². The topological polar surface area (TPSA) is 109 Å². The molecule has 2 atom stereocenters. The minimum absolute atomic E-state index is 0.0482. The number of aryl methyl sites for hydroxylation is 1. The highest BCUT2D eigenvalue weighted by Gasteiger charge is 2.26. The lowest BCUT2D eigenvalue weighted by Gasteiger charge is -2.22. The highest BCUT2D eigenvalue weighted by molar-refractivity contribution is 5.92. The molecule has 1 aliphatic rings. The SMILES string of the molecule is CC[C@H](O)C[C@H](O)/C=C/c1c(C(C)C)nc2c(c1-c1ccc(F)cc1)CCCc1cc(C(N)=O)ncc1-2. The molecule has 0 saturated heterocycles. The summed E-state index contributed by atoms with van der Waals surface area (Å²) in [5.74, 6) is -0.836. The van der Waals surface area contributed by atoms with Gasteiger partial charge in [0.1, 0.15) is 11.5 Å². The fourth-order valence-electron chi connectivity index (χ4n) is 4.92. The molecule has 0 saturated carbocycles. The number of nitrogens with two attached hydrogens (primary N) is 1. The van der Waals surface area contributed by atoms with Crippen molar-refractivity contribution in [1.82, 2.24) is 9.97 Å². The van der Waals surface area contributed by atoms with E-state index in [-0.39, 0.29) is 23.8 Å². The fourth-order valence-corrected chi connectivity index (χ4v) is 4.92. The number of hydrogen-bond donors (Lipinski definition) is 3. The van der Waals surface area contributed by atoms with Crippen molar-refractivity contribution in [2.75, 3.05) is 0 Å². The van der Waals surface area contributed by atoms with Crippen LogP contribution in [-0.2, 0) is 12.8 Å². The van der Waals surface area contributed by atoms with Crippen molar-refractivity contribution >= 4 is 12.0 Å². The normalized spacial score (nSPS) is 14.8. The number of aliphatic hydroxyl groups excluding tert-OH is 2. The van der Waals surface area contributed by atoms with E-state index in [0.29, 0.717) is 6.42 Å². The van der Waals surface area contributed by atoms with Crippen molar-refractivity contribution in [3.8, 4) is 22.4 Å². The molecule has 0 spiro atoms. The molecule has 7 heteroatoms. The summed E-state index contributed by atoms with van der Waals surface area (Å²) in [7, 11) is 0. The summed E-state index contributed by atoms with van der Waals surface area (Å²) < 4.78 is 13.9. The first kappa shape index (κ1) is 26.6. The molecule has 3 aromatic rings. The van der Waals surface area contributed by atoms with E-state index >= 15 is 0 Å². The Kier molecular flexibility index (Phi) is 8.15. The molecule has 0 fully saturated rings. The molecule has 0 radical (unpaired) electrons. The van der Waals surface area contributed by atoms with Gasteiger partial charge in [0.15, 0.2) is 0 Å². The van der Waals surface area contributed by atoms with Crippen LogP contribution in [0.2, 0.25) is 0 Å². The Balaban J connectivity index is 1.98. The van der Waals surface area contributed by atoms with Gasteiger partial charge in [0, 0.05) is 23.7 Å². The Morgan fingerprint density at radius 2 is 1.92 bits per heavy atom. The lowest BCUT2D eigenvalue weighted by Crippen LogP contribution is -2.15. The standard InChI is InChI=1S/C30H34FN3O3/c1-4-21(35)15-22(36)12-13-24-27(18-8-10-20(31)11-9-18)23-7-5-6-19-14-26(30(32)37)33-16-25(19)29(23)34-28(24)17(2)3/h8-14,16-17,21-22,35-36H,4-7,15H2,1-3H3,(H2,32,37)/b13-12+/t21-,22+/m0/s1. The molecule has 0 aliphatic heterocycles. The molecule has 4 N–H and O–H groups in total. The van der Waals surface area contributed by atoms with Gasteiger partial charge in [-0.15, -0.1) is 0 Å². The number of aliphatic hydroxyl groups is 2. The number of pyridine rings is 2. The Morgan fingerprint density at radius 3 is 2.57 bits per heavy atom. The predicted octanol–water partition coefficient (Wildman–Crippen LogP) is 5.20. The van der Waals surface area contributed by atoms with Crippen LogP contribution in [0.1, 0.15) is 78.8 Å². The molecule has 194 valence electrons. The van der Waals surface area contributed by atoms with E-state index in [9.17, 15) is 19.4 Å². The molecule has 2 heterocycles. The summed E-state index contributed by atoms with van der Waals surface area (Å²) in [4.78, 5) is 21.2. The van der Waals surface area contributed by atoms with Gasteiger partial charge in [-0.05, 0) is 72.1 Å². The second kappa shape index (κ2) is 11.3. The highest BCUT2D eigenvalue weighted by Crippen LogP contribution is 2.42. The van der Waals surface area contributed by atoms with Crippen LogP contribution in [0.15, 0.2) is 42.6 Å². The van der Waals surface area contributed by atoms with E-state index in [1.165, 1.54) is 12.1 Å². The molecule has 4 rings (SSSR count). The number of amides is 1. The van der Waals surface area contributed by atoms with Gasteiger partial charge < -0.3 is 15.9 Å². The summed E-state index contributed by atoms with van der Waals surface area (Å²) in [6.45, 7) is 5.99. The zero-order chi connectivity index (χ0) is 26.7. The molecule has 1 aliphatic carbocycles. The molecular formula is C30H34FN3O3. The predicted molar refractivity (Wildman–Crippen MR) is 143 cm³/mol. The fraction of sp³-hybridized carbons (Fsp3) is 0.367. The Hall–Kier alpha value is -3.42. The minimum atomic E-state index is -0.813. The largest absolute Gasteiger partial charge is 0.393 e. The first-order chi connectivity index (χ1) is 17.7. The minimum Gasteiger partial charge on any atom is -0.393 e. The van der Waals surface area contributed by atoms with Crippen LogP contribution in [0.5, 0.6) is 0 Å². The van der Waals surface area contributed by atoms with Crippen LogP contribution >= 0.6 is 0 Å². The van der Waals surface area contributed by atoms with Gasteiger partial charge in [0.05, 0.1) is 23.6 Å². The Bertz CT molecular complexity index is 1320. The summed E-state index contributed by atoms with van der Waals surface area (Å²) in [6.07, 6.45) is 6.97. The number of carbonyl (C=O) groups is 1. The third-order valence-corrected chi connectivity index (χ3v) is 6.88. The average molecular weight is 504 g/mol. The van der Waals surface area contributed by atoms with Gasteiger partial charge in [-0.2, -0.15) is 0 Å². The number of fused-ring (bicyclic) bond motifs is 3. The lowest BCUT2D eigenvalue weighted by molar-refractivity contribution is 0.0993. The highest BCUT2D eigenvalue weighted by atomic mass is 19.1. The molecule has 2 aromatic heterocycles. The van der Waals surface area contributed by atoms with E-state index in [1.54, 1.807) is 30.5 Å². The van der Waals surface area contributed by atoms with Crippen LogP contribution < -0.4 is 5.73 Å². The van der Waals surface area contributed by atoms with E-state index in [4.69, 9.17) is 10.7 Å². The van der Waals surface area contributed by atoms with Crippen LogP contribution in [0, 0.1) is 5.82 Å². The number of carbonyl (C=O) groups excluding carboxylic acids is 1. The van der Waals surface area contributed by atoms with Crippen molar-refractivity contribution in [1.29, 1.82) is 0 Å². The van der Waals surface area contributed by atoms with Crippen LogP contribution in [0.3, 0.4) is 0 Å². The molecule has 37 heavy (non-hydrogen) atoms. The third kappa shape index (κ3) is 5.78. The van der Waals surface area contributed by atoms with E-state index < -0.39 is 18.1 Å². The van der Waals surface area contributed by atoms with Gasteiger partial charge in [0.2, 0.25) is 0 Å². The summed E-state index contributed by atoms with van der Waals surface area (Å²) in [5, 5.41) is 20.5. The van der Waals surface area contributed by atoms with Crippen molar-refractivity contribution in [3.63, 3.8) is 0 Å². The summed E-state index contributed by atoms with van der Waals surface area (Å²) in [6, 6.07) is 8.18. The Labute approximate surface area is 217 Å². The van der Waals surface area contributed by atoms with Gasteiger partial charge in [-0.3, -0.25) is 14.8 Å². The van der Waals surface area contributed by atoms with Crippen LogP contribution in [0.4, 0.5) is 4.39 Å². The first-order valence-corrected chi connectivity index (χ1v) is 12.9. The maximum absolute atomic E-state index is 13.9. The first-order valence-electron chi connectivity index (χ1n) is 12.9. The number of benzene rings is 1. The van der Waals surface area contributed by atoms with Crippen molar-refractivity contribution in [2.24, 2.45) is 5.73 Å². The van der Waals surface area contributed by atoms with Crippen molar-refractivity contribution < 1.29 is 19.4 Å². The number of primary amides is 1. The molecule has 0 unspecified atom stereocenters. The lowest BCUT2D eigenvalue weighted by atomic mass is 9.86. The average Bonchev–Trinajstić information content (AvgIpc) is 3.05. The van der Waals surface area contributed by atoms with Gasteiger partial charge in [-0.1, -0.05) is 45.1 Å². The maximum atomic E-state index is 13.9. The maximum Gasteiger partial charge on any atom is 0.267 e. The van der Waals surface area contributed by atoms with Gasteiger partial charge in [-0.25, -0.2) is 4.39 Å². The number of halogens is 1. The van der Waals surface area contributed by atoms with Crippen molar-refractivity contribution in [2.45, 2.75) is 71.0 Å². The Morgan fingerprint density at radius 1 is 1.19 bits per heavy atom. The molecule has 6 nitrogen and oxygen atoms in total. The van der Waals surface area contributed by atoms with Crippen LogP contribution in [0.25, 0.3) is 28.5 Å². The van der Waals surface area contributed by atoms with E-state index in [1.807, 2.05) is 13.0 Å². The molecule has 0 bridgehead atoms. The smallest absolute Gasteiger partial charge is 0.267 e. The molecular weight excluding hydrogens is 469 g/mol. The summed E-state index contributed by atoms with van der Waals surface area (Å²) >= 11 is 0. The third-order valence-electron chi connectivity index (χ3n) is 6.88. The van der Waals surface area contributed by atoms with Gasteiger partial charge >= 0.3 is 0 Å². The zero-order valence-corrected chi connectivity index (χ0v) is 21.5.